The normalized spacial score (nSPS) is 20.1. The summed E-state index contributed by atoms with van der Waals surface area (Å²) in [5, 5.41) is 4.98. The minimum absolute atomic E-state index is 0.146. The zero-order chi connectivity index (χ0) is 14.2. The average Bonchev–Trinajstić information content (AvgIpc) is 2.61. The van der Waals surface area contributed by atoms with E-state index in [1.807, 2.05) is 0 Å². The molecule has 1 aromatic carbocycles. The molecule has 0 bridgehead atoms. The number of nitrogens with zero attached hydrogens (tertiary/aromatic N) is 1. The van der Waals surface area contributed by atoms with Crippen molar-refractivity contribution in [3.05, 3.63) is 29.6 Å². The summed E-state index contributed by atoms with van der Waals surface area (Å²) in [6.07, 6.45) is 0.146. The molecule has 0 saturated carbocycles. The standard InChI is InChI=1S/C12H15FN2O3S/c1-8-4-10(2-3-11(8)13)15-6-9(5-12(15)16)7-19(14,17)18/h2-4,9H,5-7H2,1H3,(H2,14,17,18). The molecule has 5 nitrogen and oxygen atoms in total. The Morgan fingerprint density at radius 2 is 2.16 bits per heavy atom. The van der Waals surface area contributed by atoms with Crippen molar-refractivity contribution in [2.24, 2.45) is 11.1 Å². The Hall–Kier alpha value is -1.47. The molecule has 1 fully saturated rings. The topological polar surface area (TPSA) is 80.5 Å². The SMILES string of the molecule is Cc1cc(N2CC(CS(N)(=O)=O)CC2=O)ccc1F. The van der Waals surface area contributed by atoms with Gasteiger partial charge in [0.1, 0.15) is 5.82 Å². The van der Waals surface area contributed by atoms with Crippen molar-refractivity contribution >= 4 is 21.6 Å². The molecular formula is C12H15FN2O3S. The van der Waals surface area contributed by atoms with Crippen LogP contribution < -0.4 is 10.0 Å². The van der Waals surface area contributed by atoms with Crippen molar-refractivity contribution in [1.29, 1.82) is 0 Å². The molecule has 1 saturated heterocycles. The van der Waals surface area contributed by atoms with E-state index in [0.717, 1.165) is 0 Å². The maximum Gasteiger partial charge on any atom is 0.227 e. The Morgan fingerprint density at radius 1 is 1.47 bits per heavy atom. The molecule has 0 radical (unpaired) electrons. The molecule has 19 heavy (non-hydrogen) atoms. The molecule has 1 aliphatic heterocycles. The van der Waals surface area contributed by atoms with Crippen LogP contribution in [0.15, 0.2) is 18.2 Å². The van der Waals surface area contributed by atoms with E-state index >= 15 is 0 Å². The van der Waals surface area contributed by atoms with Crippen LogP contribution in [0.3, 0.4) is 0 Å². The second-order valence-electron chi connectivity index (χ2n) is 4.84. The van der Waals surface area contributed by atoms with E-state index in [9.17, 15) is 17.6 Å². The van der Waals surface area contributed by atoms with Crippen LogP contribution >= 0.6 is 0 Å². The highest BCUT2D eigenvalue weighted by atomic mass is 32.2. The lowest BCUT2D eigenvalue weighted by molar-refractivity contribution is -0.117. The number of nitrogens with two attached hydrogens (primary N) is 1. The number of carbonyl (C=O) groups excluding carboxylic acids is 1. The fraction of sp³-hybridized carbons (Fsp3) is 0.417. The van der Waals surface area contributed by atoms with Crippen LogP contribution in [0.5, 0.6) is 0 Å². The molecule has 104 valence electrons. The third-order valence-corrected chi connectivity index (χ3v) is 4.06. The summed E-state index contributed by atoms with van der Waals surface area (Å²) in [4.78, 5) is 13.3. The zero-order valence-electron chi connectivity index (χ0n) is 10.5. The lowest BCUT2D eigenvalue weighted by Crippen LogP contribution is -2.27. The number of benzene rings is 1. The van der Waals surface area contributed by atoms with E-state index < -0.39 is 10.0 Å². The van der Waals surface area contributed by atoms with Crippen LogP contribution in [0.4, 0.5) is 10.1 Å². The highest BCUT2D eigenvalue weighted by Gasteiger charge is 2.32. The summed E-state index contributed by atoms with van der Waals surface area (Å²) >= 11 is 0. The van der Waals surface area contributed by atoms with Gasteiger partial charge < -0.3 is 4.90 Å². The van der Waals surface area contributed by atoms with Gasteiger partial charge in [-0.15, -0.1) is 0 Å². The highest BCUT2D eigenvalue weighted by Crippen LogP contribution is 2.27. The molecule has 7 heteroatoms. The van der Waals surface area contributed by atoms with Crippen LogP contribution in [0, 0.1) is 18.7 Å². The van der Waals surface area contributed by atoms with E-state index in [4.69, 9.17) is 5.14 Å². The van der Waals surface area contributed by atoms with Gasteiger partial charge in [-0.2, -0.15) is 0 Å². The van der Waals surface area contributed by atoms with E-state index in [-0.39, 0.29) is 29.8 Å². The summed E-state index contributed by atoms with van der Waals surface area (Å²) in [6, 6.07) is 4.39. The third-order valence-electron chi connectivity index (χ3n) is 3.13. The van der Waals surface area contributed by atoms with E-state index in [2.05, 4.69) is 0 Å². The van der Waals surface area contributed by atoms with Crippen molar-refractivity contribution in [1.82, 2.24) is 0 Å². The molecule has 1 atom stereocenters. The van der Waals surface area contributed by atoms with E-state index in [1.54, 1.807) is 13.0 Å². The summed E-state index contributed by atoms with van der Waals surface area (Å²) < 4.78 is 35.3. The number of halogens is 1. The predicted molar refractivity (Wildman–Crippen MR) is 69.6 cm³/mol. The maximum atomic E-state index is 13.2. The summed E-state index contributed by atoms with van der Waals surface area (Å²) in [6.45, 7) is 1.90. The summed E-state index contributed by atoms with van der Waals surface area (Å²) in [7, 11) is -3.59. The number of aryl methyl sites for hydroxylation is 1. The predicted octanol–water partition coefficient (Wildman–Crippen LogP) is 0.776. The average molecular weight is 286 g/mol. The van der Waals surface area contributed by atoms with Gasteiger partial charge in [-0.3, -0.25) is 4.79 Å². The van der Waals surface area contributed by atoms with Crippen LogP contribution in [0.2, 0.25) is 0 Å². The van der Waals surface area contributed by atoms with Crippen LogP contribution in [-0.4, -0.2) is 26.6 Å². The van der Waals surface area contributed by atoms with E-state index in [0.29, 0.717) is 17.8 Å². The molecular weight excluding hydrogens is 271 g/mol. The van der Waals surface area contributed by atoms with Crippen molar-refractivity contribution in [2.75, 3.05) is 17.2 Å². The Kier molecular flexibility index (Phi) is 3.60. The van der Waals surface area contributed by atoms with Gasteiger partial charge in [0.2, 0.25) is 15.9 Å². The Bertz CT molecular complexity index is 615. The first-order valence-electron chi connectivity index (χ1n) is 5.83. The van der Waals surface area contributed by atoms with Crippen molar-refractivity contribution in [2.45, 2.75) is 13.3 Å². The summed E-state index contributed by atoms with van der Waals surface area (Å²) in [5.74, 6) is -1.03. The number of sulfonamides is 1. The zero-order valence-corrected chi connectivity index (χ0v) is 11.3. The largest absolute Gasteiger partial charge is 0.312 e. The molecule has 0 spiro atoms. The van der Waals surface area contributed by atoms with Gasteiger partial charge in [0.25, 0.3) is 0 Å². The van der Waals surface area contributed by atoms with Crippen LogP contribution in [0.1, 0.15) is 12.0 Å². The first-order chi connectivity index (χ1) is 8.76. The van der Waals surface area contributed by atoms with Gasteiger partial charge in [0, 0.05) is 24.6 Å². The van der Waals surface area contributed by atoms with Gasteiger partial charge in [-0.25, -0.2) is 17.9 Å². The van der Waals surface area contributed by atoms with E-state index in [1.165, 1.54) is 17.0 Å². The minimum atomic E-state index is -3.59. The minimum Gasteiger partial charge on any atom is -0.312 e. The second kappa shape index (κ2) is 4.90. The molecule has 0 aliphatic carbocycles. The Morgan fingerprint density at radius 3 is 2.74 bits per heavy atom. The number of anilines is 1. The van der Waals surface area contributed by atoms with Crippen molar-refractivity contribution in [3.63, 3.8) is 0 Å². The van der Waals surface area contributed by atoms with Crippen molar-refractivity contribution < 1.29 is 17.6 Å². The van der Waals surface area contributed by atoms with Gasteiger partial charge in [0.15, 0.2) is 0 Å². The monoisotopic (exact) mass is 286 g/mol. The molecule has 1 unspecified atom stereocenters. The number of hydrogen-bond donors (Lipinski definition) is 1. The number of carbonyl (C=O) groups is 1. The highest BCUT2D eigenvalue weighted by molar-refractivity contribution is 7.89. The third kappa shape index (κ3) is 3.30. The fourth-order valence-electron chi connectivity index (χ4n) is 2.27. The first-order valence-corrected chi connectivity index (χ1v) is 7.55. The molecule has 0 aromatic heterocycles. The smallest absolute Gasteiger partial charge is 0.227 e. The second-order valence-corrected chi connectivity index (χ2v) is 6.50. The van der Waals surface area contributed by atoms with Gasteiger partial charge in [0.05, 0.1) is 5.75 Å². The lowest BCUT2D eigenvalue weighted by atomic mass is 10.1. The number of amides is 1. The molecule has 1 aromatic rings. The molecule has 1 amide bonds. The van der Waals surface area contributed by atoms with Gasteiger partial charge in [-0.05, 0) is 30.7 Å². The molecule has 1 heterocycles. The molecule has 2 N–H and O–H groups in total. The van der Waals surface area contributed by atoms with Crippen LogP contribution in [0.25, 0.3) is 0 Å². The number of primary sulfonamides is 1. The van der Waals surface area contributed by atoms with Gasteiger partial charge >= 0.3 is 0 Å². The van der Waals surface area contributed by atoms with Crippen LogP contribution in [-0.2, 0) is 14.8 Å². The molecule has 2 rings (SSSR count). The summed E-state index contributed by atoms with van der Waals surface area (Å²) in [5.41, 5.74) is 1.03. The Balaban J connectivity index is 2.18. The quantitative estimate of drug-likeness (QED) is 0.891. The number of hydrogen-bond acceptors (Lipinski definition) is 3. The maximum absolute atomic E-state index is 13.2. The lowest BCUT2D eigenvalue weighted by Gasteiger charge is -2.17. The first kappa shape index (κ1) is 14.0. The fourth-order valence-corrected chi connectivity index (χ4v) is 3.15. The van der Waals surface area contributed by atoms with Crippen molar-refractivity contribution in [3.8, 4) is 0 Å². The Labute approximate surface area is 111 Å². The number of rotatable bonds is 3. The molecule has 1 aliphatic rings. The van der Waals surface area contributed by atoms with Gasteiger partial charge in [-0.1, -0.05) is 0 Å².